The lowest BCUT2D eigenvalue weighted by Gasteiger charge is -2.38. The summed E-state index contributed by atoms with van der Waals surface area (Å²) in [7, 11) is 0. The number of nitrogens with one attached hydrogen (secondary N) is 1. The van der Waals surface area contributed by atoms with E-state index >= 15 is 0 Å². The summed E-state index contributed by atoms with van der Waals surface area (Å²) in [5, 5.41) is 1.91. The van der Waals surface area contributed by atoms with Crippen molar-refractivity contribution in [3.05, 3.63) is 69.6 Å². The Bertz CT molecular complexity index is 1180. The first-order valence-corrected chi connectivity index (χ1v) is 12.1. The van der Waals surface area contributed by atoms with Gasteiger partial charge in [0.05, 0.1) is 4.91 Å². The fourth-order valence-electron chi connectivity index (χ4n) is 4.21. The molecule has 1 saturated heterocycles. The lowest BCUT2D eigenvalue weighted by atomic mass is 9.87. The van der Waals surface area contributed by atoms with Crippen LogP contribution >= 0.6 is 11.8 Å². The van der Waals surface area contributed by atoms with Crippen molar-refractivity contribution >= 4 is 29.0 Å². The standard InChI is InChI=1S/C27H29NO5S/c1-6-13-31-23-16(2)17(3)24-21(18(23)4)11-12-27(5,33-24)15-32-20-9-7-19(8-10-20)14-22-25(29)28-26(30)34-22/h6-10,14H,1,11-13,15H2,2-5H3,(H,28,29,30)/b22-14+. The molecule has 1 atom stereocenters. The van der Waals surface area contributed by atoms with Crippen LogP contribution in [-0.2, 0) is 11.2 Å². The Morgan fingerprint density at radius 1 is 1.12 bits per heavy atom. The van der Waals surface area contributed by atoms with E-state index in [-0.39, 0.29) is 11.1 Å². The van der Waals surface area contributed by atoms with Crippen molar-refractivity contribution in [3.63, 3.8) is 0 Å². The van der Waals surface area contributed by atoms with Crippen molar-refractivity contribution in [2.75, 3.05) is 13.2 Å². The van der Waals surface area contributed by atoms with Gasteiger partial charge in [0.25, 0.3) is 11.1 Å². The fraction of sp³-hybridized carbons (Fsp3) is 0.333. The van der Waals surface area contributed by atoms with Crippen molar-refractivity contribution < 1.29 is 23.8 Å². The summed E-state index contributed by atoms with van der Waals surface area (Å²) in [6.45, 7) is 12.9. The molecule has 2 aliphatic heterocycles. The van der Waals surface area contributed by atoms with E-state index in [1.165, 1.54) is 5.56 Å². The van der Waals surface area contributed by atoms with Crippen LogP contribution < -0.4 is 19.5 Å². The molecule has 2 aliphatic rings. The van der Waals surface area contributed by atoms with E-state index in [0.29, 0.717) is 18.1 Å². The maximum Gasteiger partial charge on any atom is 0.290 e. The summed E-state index contributed by atoms with van der Waals surface area (Å²) >= 11 is 0.905. The summed E-state index contributed by atoms with van der Waals surface area (Å²) in [5.41, 5.74) is 4.87. The van der Waals surface area contributed by atoms with Gasteiger partial charge < -0.3 is 14.2 Å². The molecule has 0 spiro atoms. The van der Waals surface area contributed by atoms with E-state index in [4.69, 9.17) is 14.2 Å². The zero-order valence-electron chi connectivity index (χ0n) is 19.9. The van der Waals surface area contributed by atoms with E-state index in [9.17, 15) is 9.59 Å². The molecule has 0 aliphatic carbocycles. The van der Waals surface area contributed by atoms with Gasteiger partial charge in [0, 0.05) is 5.56 Å². The van der Waals surface area contributed by atoms with E-state index in [1.54, 1.807) is 12.2 Å². The molecule has 0 bridgehead atoms. The van der Waals surface area contributed by atoms with Crippen LogP contribution in [0.2, 0.25) is 0 Å². The Morgan fingerprint density at radius 2 is 1.85 bits per heavy atom. The lowest BCUT2D eigenvalue weighted by Crippen LogP contribution is -2.42. The second-order valence-corrected chi connectivity index (χ2v) is 9.89. The largest absolute Gasteiger partial charge is 0.489 e. The second kappa shape index (κ2) is 9.58. The van der Waals surface area contributed by atoms with Crippen molar-refractivity contribution in [2.24, 2.45) is 0 Å². The monoisotopic (exact) mass is 479 g/mol. The number of fused-ring (bicyclic) bond motifs is 1. The highest BCUT2D eigenvalue weighted by atomic mass is 32.2. The van der Waals surface area contributed by atoms with Gasteiger partial charge in [0.2, 0.25) is 0 Å². The molecule has 178 valence electrons. The van der Waals surface area contributed by atoms with Gasteiger partial charge >= 0.3 is 0 Å². The van der Waals surface area contributed by atoms with Gasteiger partial charge in [-0.3, -0.25) is 14.9 Å². The molecule has 4 rings (SSSR count). The van der Waals surface area contributed by atoms with Gasteiger partial charge in [-0.1, -0.05) is 24.8 Å². The first-order chi connectivity index (χ1) is 16.2. The predicted octanol–water partition coefficient (Wildman–Crippen LogP) is 5.66. The van der Waals surface area contributed by atoms with E-state index in [2.05, 4.69) is 39.6 Å². The molecule has 0 radical (unpaired) electrons. The Kier molecular flexibility index (Phi) is 6.75. The third kappa shape index (κ3) is 4.85. The van der Waals surface area contributed by atoms with Crippen LogP contribution in [0.3, 0.4) is 0 Å². The van der Waals surface area contributed by atoms with Gasteiger partial charge in [-0.05, 0) is 92.8 Å². The normalized spacial score (nSPS) is 20.5. The number of carbonyl (C=O) groups excluding carboxylic acids is 2. The van der Waals surface area contributed by atoms with Gasteiger partial charge in [0.15, 0.2) is 0 Å². The predicted molar refractivity (Wildman–Crippen MR) is 135 cm³/mol. The molecule has 1 N–H and O–H groups in total. The maximum absolute atomic E-state index is 11.7. The summed E-state index contributed by atoms with van der Waals surface area (Å²) in [5.74, 6) is 2.21. The zero-order valence-corrected chi connectivity index (χ0v) is 20.8. The molecule has 7 heteroatoms. The number of carbonyl (C=O) groups is 2. The van der Waals surface area contributed by atoms with Crippen molar-refractivity contribution in [3.8, 4) is 17.2 Å². The number of benzene rings is 2. The molecule has 6 nitrogen and oxygen atoms in total. The van der Waals surface area contributed by atoms with E-state index in [1.807, 2.05) is 24.3 Å². The minimum Gasteiger partial charge on any atom is -0.489 e. The Balaban J connectivity index is 1.45. The van der Waals surface area contributed by atoms with E-state index in [0.717, 1.165) is 64.1 Å². The first kappa shape index (κ1) is 24.0. The highest BCUT2D eigenvalue weighted by molar-refractivity contribution is 8.18. The molecule has 2 aromatic rings. The minimum absolute atomic E-state index is 0.348. The van der Waals surface area contributed by atoms with Gasteiger partial charge in [-0.25, -0.2) is 0 Å². The zero-order chi connectivity index (χ0) is 24.5. The fourth-order valence-corrected chi connectivity index (χ4v) is 4.89. The highest BCUT2D eigenvalue weighted by Crippen LogP contribution is 2.44. The van der Waals surface area contributed by atoms with Crippen LogP contribution in [0.4, 0.5) is 4.79 Å². The average Bonchev–Trinajstić information content (AvgIpc) is 3.13. The number of hydrogen-bond donors (Lipinski definition) is 1. The smallest absolute Gasteiger partial charge is 0.290 e. The Hall–Kier alpha value is -3.19. The van der Waals surface area contributed by atoms with Crippen molar-refractivity contribution in [2.45, 2.75) is 46.1 Å². The number of amides is 2. The van der Waals surface area contributed by atoms with Crippen LogP contribution in [0, 0.1) is 20.8 Å². The summed E-state index contributed by atoms with van der Waals surface area (Å²) < 4.78 is 18.6. The third-order valence-electron chi connectivity index (χ3n) is 6.27. The van der Waals surface area contributed by atoms with Gasteiger partial charge in [-0.15, -0.1) is 0 Å². The topological polar surface area (TPSA) is 73.9 Å². The molecule has 1 fully saturated rings. The third-order valence-corrected chi connectivity index (χ3v) is 7.08. The van der Waals surface area contributed by atoms with Gasteiger partial charge in [-0.2, -0.15) is 0 Å². The SMILES string of the molecule is C=CCOc1c(C)c(C)c2c(c1C)CCC(C)(COc1ccc(/C=C3/SC(=O)NC3=O)cc1)O2. The molecule has 2 aromatic carbocycles. The Labute approximate surface area is 204 Å². The van der Waals surface area contributed by atoms with Crippen LogP contribution in [0.1, 0.15) is 41.2 Å². The molecule has 1 unspecified atom stereocenters. The highest BCUT2D eigenvalue weighted by Gasteiger charge is 2.35. The minimum atomic E-state index is -0.459. The maximum atomic E-state index is 11.7. The van der Waals surface area contributed by atoms with Crippen LogP contribution in [0.25, 0.3) is 6.08 Å². The molecule has 2 amide bonds. The summed E-state index contributed by atoms with van der Waals surface area (Å²) in [6.07, 6.45) is 5.16. The van der Waals surface area contributed by atoms with Crippen LogP contribution in [0.5, 0.6) is 17.2 Å². The molecular weight excluding hydrogens is 450 g/mol. The summed E-state index contributed by atoms with van der Waals surface area (Å²) in [4.78, 5) is 23.4. The van der Waals surface area contributed by atoms with E-state index < -0.39 is 5.60 Å². The number of rotatable bonds is 7. The number of ether oxygens (including phenoxy) is 3. The molecule has 0 saturated carbocycles. The Morgan fingerprint density at radius 3 is 2.50 bits per heavy atom. The number of hydrogen-bond acceptors (Lipinski definition) is 6. The number of imide groups is 1. The first-order valence-electron chi connectivity index (χ1n) is 11.2. The quantitative estimate of drug-likeness (QED) is 0.408. The molecule has 34 heavy (non-hydrogen) atoms. The average molecular weight is 480 g/mol. The number of thioether (sulfide) groups is 1. The lowest BCUT2D eigenvalue weighted by molar-refractivity contribution is -0.115. The second-order valence-electron chi connectivity index (χ2n) is 8.87. The summed E-state index contributed by atoms with van der Waals surface area (Å²) in [6, 6.07) is 7.43. The molecular formula is C27H29NO5S. The van der Waals surface area contributed by atoms with Crippen LogP contribution in [0.15, 0.2) is 41.8 Å². The van der Waals surface area contributed by atoms with Crippen molar-refractivity contribution in [1.82, 2.24) is 5.32 Å². The van der Waals surface area contributed by atoms with Crippen LogP contribution in [-0.4, -0.2) is 30.0 Å². The van der Waals surface area contributed by atoms with Crippen molar-refractivity contribution in [1.29, 1.82) is 0 Å². The molecule has 0 aromatic heterocycles. The molecule has 2 heterocycles. The van der Waals surface area contributed by atoms with Gasteiger partial charge in [0.1, 0.15) is 36.1 Å².